The van der Waals surface area contributed by atoms with Crippen molar-refractivity contribution in [3.63, 3.8) is 0 Å². The zero-order valence-corrected chi connectivity index (χ0v) is 15.7. The van der Waals surface area contributed by atoms with Gasteiger partial charge >= 0.3 is 5.97 Å². The number of carboxylic acid groups (broad SMARTS) is 1. The van der Waals surface area contributed by atoms with Crippen LogP contribution in [0.1, 0.15) is 31.8 Å². The summed E-state index contributed by atoms with van der Waals surface area (Å²) >= 11 is 0. The fourth-order valence-electron chi connectivity index (χ4n) is 2.60. The van der Waals surface area contributed by atoms with Gasteiger partial charge in [0.25, 0.3) is 11.8 Å². The van der Waals surface area contributed by atoms with Crippen LogP contribution < -0.4 is 10.1 Å². The molecule has 2 amide bonds. The number of anilines is 1. The van der Waals surface area contributed by atoms with E-state index in [9.17, 15) is 14.4 Å². The number of hydrogen-bond donors (Lipinski definition) is 2. The lowest BCUT2D eigenvalue weighted by atomic mass is 10.0. The van der Waals surface area contributed by atoms with Crippen molar-refractivity contribution in [3.05, 3.63) is 58.7 Å². The molecule has 0 unspecified atom stereocenters. The van der Waals surface area contributed by atoms with E-state index in [-0.39, 0.29) is 11.8 Å². The van der Waals surface area contributed by atoms with E-state index in [1.165, 1.54) is 4.90 Å². The molecule has 0 bridgehead atoms. The van der Waals surface area contributed by atoms with E-state index in [2.05, 4.69) is 5.32 Å². The van der Waals surface area contributed by atoms with Crippen molar-refractivity contribution in [2.24, 2.45) is 0 Å². The third-order valence-electron chi connectivity index (χ3n) is 3.86. The summed E-state index contributed by atoms with van der Waals surface area (Å²) < 4.78 is 5.27. The number of carboxylic acids is 1. The molecule has 0 spiro atoms. The molecule has 2 aromatic rings. The number of hydrogen-bond acceptors (Lipinski definition) is 4. The summed E-state index contributed by atoms with van der Waals surface area (Å²) in [6.07, 6.45) is 0. The monoisotopic (exact) mass is 370 g/mol. The summed E-state index contributed by atoms with van der Waals surface area (Å²) in [6.45, 7) is 3.07. The molecule has 2 aromatic carbocycles. The van der Waals surface area contributed by atoms with Crippen LogP contribution in [0.2, 0.25) is 0 Å². The van der Waals surface area contributed by atoms with Crippen LogP contribution in [0.3, 0.4) is 0 Å². The van der Waals surface area contributed by atoms with E-state index in [4.69, 9.17) is 9.84 Å². The average Bonchev–Trinajstić information content (AvgIpc) is 2.60. The predicted octanol–water partition coefficient (Wildman–Crippen LogP) is 2.72. The number of benzene rings is 2. The van der Waals surface area contributed by atoms with Crippen molar-refractivity contribution in [3.8, 4) is 5.75 Å². The Morgan fingerprint density at radius 1 is 1.00 bits per heavy atom. The largest absolute Gasteiger partial charge is 0.481 e. The molecule has 0 saturated heterocycles. The lowest BCUT2D eigenvalue weighted by Crippen LogP contribution is -2.21. The van der Waals surface area contributed by atoms with Gasteiger partial charge in [-0.15, -0.1) is 0 Å². The molecular formula is C20H22N2O5. The van der Waals surface area contributed by atoms with E-state index < -0.39 is 12.6 Å². The van der Waals surface area contributed by atoms with E-state index in [0.717, 1.165) is 0 Å². The van der Waals surface area contributed by atoms with Crippen LogP contribution in [0.4, 0.5) is 5.69 Å². The van der Waals surface area contributed by atoms with Crippen molar-refractivity contribution in [2.75, 3.05) is 26.0 Å². The summed E-state index contributed by atoms with van der Waals surface area (Å²) in [6, 6.07) is 9.92. The highest BCUT2D eigenvalue weighted by molar-refractivity contribution is 6.05. The van der Waals surface area contributed by atoms with Gasteiger partial charge in [0.05, 0.1) is 0 Å². The lowest BCUT2D eigenvalue weighted by Gasteiger charge is -2.13. The van der Waals surface area contributed by atoms with Gasteiger partial charge in [-0.3, -0.25) is 9.59 Å². The molecule has 27 heavy (non-hydrogen) atoms. The van der Waals surface area contributed by atoms with Gasteiger partial charge in [-0.25, -0.2) is 4.79 Å². The molecule has 7 nitrogen and oxygen atoms in total. The smallest absolute Gasteiger partial charge is 0.341 e. The molecule has 0 atom stereocenters. The first-order valence-corrected chi connectivity index (χ1v) is 8.28. The number of carbonyl (C=O) groups excluding carboxylic acids is 2. The van der Waals surface area contributed by atoms with Crippen molar-refractivity contribution in [1.29, 1.82) is 0 Å². The number of aryl methyl sites for hydroxylation is 2. The molecule has 0 saturated carbocycles. The summed E-state index contributed by atoms with van der Waals surface area (Å²) in [5, 5.41) is 11.5. The topological polar surface area (TPSA) is 95.9 Å². The molecule has 0 heterocycles. The summed E-state index contributed by atoms with van der Waals surface area (Å²) in [4.78, 5) is 36.5. The molecule has 2 N–H and O–H groups in total. The summed E-state index contributed by atoms with van der Waals surface area (Å²) in [5.74, 6) is -1.03. The van der Waals surface area contributed by atoms with Gasteiger partial charge in [-0.1, -0.05) is 0 Å². The van der Waals surface area contributed by atoms with E-state index in [0.29, 0.717) is 33.7 Å². The second kappa shape index (κ2) is 8.35. The fourth-order valence-corrected chi connectivity index (χ4v) is 2.60. The quantitative estimate of drug-likeness (QED) is 0.815. The third-order valence-corrected chi connectivity index (χ3v) is 3.86. The standard InChI is InChI=1S/C20H22N2O5/c1-12-9-15(10-13(2)18(12)27-11-17(23)24)19(25)21-16-7-5-14(6-8-16)20(26)22(3)4/h5-10H,11H2,1-4H3,(H,21,25)(H,23,24). The normalized spacial score (nSPS) is 10.2. The fraction of sp³-hybridized carbons (Fsp3) is 0.250. The average molecular weight is 370 g/mol. The number of ether oxygens (including phenoxy) is 1. The second-order valence-electron chi connectivity index (χ2n) is 6.35. The Labute approximate surface area is 157 Å². The minimum Gasteiger partial charge on any atom is -0.481 e. The van der Waals surface area contributed by atoms with E-state index in [1.54, 1.807) is 64.3 Å². The summed E-state index contributed by atoms with van der Waals surface area (Å²) in [5.41, 5.74) is 2.88. The second-order valence-corrected chi connectivity index (χ2v) is 6.35. The maximum atomic E-state index is 12.5. The molecule has 2 rings (SSSR count). The maximum absolute atomic E-state index is 12.5. The SMILES string of the molecule is Cc1cc(C(=O)Nc2ccc(C(=O)N(C)C)cc2)cc(C)c1OCC(=O)O. The minimum absolute atomic E-state index is 0.115. The molecule has 0 aliphatic carbocycles. The van der Waals surface area contributed by atoms with Crippen molar-refractivity contribution in [2.45, 2.75) is 13.8 Å². The minimum atomic E-state index is -1.06. The summed E-state index contributed by atoms with van der Waals surface area (Å²) in [7, 11) is 3.35. The lowest BCUT2D eigenvalue weighted by molar-refractivity contribution is -0.139. The van der Waals surface area contributed by atoms with Crippen LogP contribution in [0.15, 0.2) is 36.4 Å². The van der Waals surface area contributed by atoms with Gasteiger partial charge in [0.1, 0.15) is 5.75 Å². The number of rotatable bonds is 6. The Morgan fingerprint density at radius 2 is 1.56 bits per heavy atom. The molecule has 7 heteroatoms. The molecule has 0 fully saturated rings. The van der Waals surface area contributed by atoms with Gasteiger partial charge in [0, 0.05) is 30.9 Å². The van der Waals surface area contributed by atoms with Crippen LogP contribution in [-0.4, -0.2) is 48.5 Å². The van der Waals surface area contributed by atoms with Crippen LogP contribution in [0.25, 0.3) is 0 Å². The van der Waals surface area contributed by atoms with Crippen molar-refractivity contribution >= 4 is 23.5 Å². The molecular weight excluding hydrogens is 348 g/mol. The number of nitrogens with one attached hydrogen (secondary N) is 1. The third kappa shape index (κ3) is 5.07. The van der Waals surface area contributed by atoms with Gasteiger partial charge in [0.2, 0.25) is 0 Å². The highest BCUT2D eigenvalue weighted by atomic mass is 16.5. The number of carbonyl (C=O) groups is 3. The van der Waals surface area contributed by atoms with Gasteiger partial charge in [-0.2, -0.15) is 0 Å². The Morgan fingerprint density at radius 3 is 2.04 bits per heavy atom. The highest BCUT2D eigenvalue weighted by Crippen LogP contribution is 2.25. The Bertz CT molecular complexity index is 849. The molecule has 0 aliphatic rings. The highest BCUT2D eigenvalue weighted by Gasteiger charge is 2.14. The molecule has 142 valence electrons. The van der Waals surface area contributed by atoms with E-state index >= 15 is 0 Å². The zero-order valence-electron chi connectivity index (χ0n) is 15.7. The first kappa shape index (κ1) is 20.0. The zero-order chi connectivity index (χ0) is 20.1. The molecule has 0 aromatic heterocycles. The molecule has 0 radical (unpaired) electrons. The van der Waals surface area contributed by atoms with E-state index in [1.807, 2.05) is 0 Å². The van der Waals surface area contributed by atoms with Gasteiger partial charge in [0.15, 0.2) is 6.61 Å². The number of amides is 2. The number of aliphatic carboxylic acids is 1. The van der Waals surface area contributed by atoms with Crippen LogP contribution in [0.5, 0.6) is 5.75 Å². The van der Waals surface area contributed by atoms with Crippen LogP contribution in [0, 0.1) is 13.8 Å². The Balaban J connectivity index is 2.14. The predicted molar refractivity (Wildman–Crippen MR) is 101 cm³/mol. The van der Waals surface area contributed by atoms with Gasteiger partial charge in [-0.05, 0) is 61.4 Å². The first-order chi connectivity index (χ1) is 12.7. The Hall–Kier alpha value is -3.35. The van der Waals surface area contributed by atoms with Crippen LogP contribution in [-0.2, 0) is 4.79 Å². The van der Waals surface area contributed by atoms with Crippen molar-refractivity contribution < 1.29 is 24.2 Å². The Kier molecular flexibility index (Phi) is 6.18. The first-order valence-electron chi connectivity index (χ1n) is 8.28. The van der Waals surface area contributed by atoms with Crippen molar-refractivity contribution in [1.82, 2.24) is 4.90 Å². The van der Waals surface area contributed by atoms with Gasteiger partial charge < -0.3 is 20.1 Å². The molecule has 0 aliphatic heterocycles. The maximum Gasteiger partial charge on any atom is 0.341 e. The van der Waals surface area contributed by atoms with Crippen LogP contribution >= 0.6 is 0 Å². The number of nitrogens with zero attached hydrogens (tertiary/aromatic N) is 1.